The Labute approximate surface area is 119 Å². The van der Waals surface area contributed by atoms with Crippen LogP contribution >= 0.6 is 0 Å². The maximum absolute atomic E-state index is 11.9. The van der Waals surface area contributed by atoms with E-state index in [4.69, 9.17) is 10.5 Å². The van der Waals surface area contributed by atoms with Crippen LogP contribution in [-0.4, -0.2) is 36.2 Å². The first kappa shape index (κ1) is 14.8. The van der Waals surface area contributed by atoms with Gasteiger partial charge in [0.25, 0.3) is 5.56 Å². The highest BCUT2D eigenvalue weighted by Crippen LogP contribution is 2.32. The fraction of sp³-hybridized carbons (Fsp3) is 0.714. The van der Waals surface area contributed by atoms with Crippen LogP contribution < -0.4 is 20.9 Å². The molecule has 2 unspecified atom stereocenters. The zero-order chi connectivity index (χ0) is 14.5. The zero-order valence-electron chi connectivity index (χ0n) is 12.3. The average Bonchev–Trinajstić information content (AvgIpc) is 2.49. The van der Waals surface area contributed by atoms with Gasteiger partial charge in [-0.1, -0.05) is 12.8 Å². The molecule has 6 heteroatoms. The maximum atomic E-state index is 11.9. The van der Waals surface area contributed by atoms with E-state index in [1.807, 2.05) is 0 Å². The summed E-state index contributed by atoms with van der Waals surface area (Å²) in [7, 11) is 1.50. The number of anilines is 1. The number of nitrogens with one attached hydrogen (secondary N) is 1. The first-order valence-corrected chi connectivity index (χ1v) is 7.31. The topological polar surface area (TPSA) is 84.2 Å². The second-order valence-electron chi connectivity index (χ2n) is 5.22. The van der Waals surface area contributed by atoms with Crippen LogP contribution in [0.25, 0.3) is 0 Å². The number of aromatic amines is 1. The summed E-state index contributed by atoms with van der Waals surface area (Å²) >= 11 is 0. The van der Waals surface area contributed by atoms with Crippen molar-refractivity contribution >= 4 is 5.82 Å². The van der Waals surface area contributed by atoms with Crippen LogP contribution in [0.4, 0.5) is 5.82 Å². The zero-order valence-corrected chi connectivity index (χ0v) is 12.3. The predicted octanol–water partition coefficient (Wildman–Crippen LogP) is 1.12. The van der Waals surface area contributed by atoms with Gasteiger partial charge < -0.3 is 20.4 Å². The van der Waals surface area contributed by atoms with Crippen LogP contribution in [0.2, 0.25) is 0 Å². The molecule has 0 amide bonds. The smallest absolute Gasteiger partial charge is 0.295 e. The Morgan fingerprint density at radius 2 is 2.25 bits per heavy atom. The van der Waals surface area contributed by atoms with Gasteiger partial charge >= 0.3 is 0 Å². The van der Waals surface area contributed by atoms with Crippen molar-refractivity contribution in [3.63, 3.8) is 0 Å². The Hall–Kier alpha value is -1.56. The van der Waals surface area contributed by atoms with Crippen LogP contribution in [0.5, 0.6) is 5.75 Å². The van der Waals surface area contributed by atoms with Crippen molar-refractivity contribution in [2.45, 2.75) is 38.6 Å². The summed E-state index contributed by atoms with van der Waals surface area (Å²) in [5.41, 5.74) is 5.68. The number of nitrogens with zero attached hydrogens (tertiary/aromatic N) is 2. The normalized spacial score (nSPS) is 22.6. The molecule has 1 aromatic rings. The molecule has 1 aliphatic carbocycles. The van der Waals surface area contributed by atoms with E-state index in [1.54, 1.807) is 0 Å². The van der Waals surface area contributed by atoms with Gasteiger partial charge in [-0.15, -0.1) is 0 Å². The first-order chi connectivity index (χ1) is 9.72. The van der Waals surface area contributed by atoms with Crippen molar-refractivity contribution in [3.8, 4) is 5.75 Å². The third kappa shape index (κ3) is 2.80. The van der Waals surface area contributed by atoms with E-state index < -0.39 is 0 Å². The molecule has 1 aliphatic rings. The number of hydrogen-bond donors (Lipinski definition) is 2. The summed E-state index contributed by atoms with van der Waals surface area (Å²) in [4.78, 5) is 20.9. The summed E-state index contributed by atoms with van der Waals surface area (Å²) in [6.07, 6.45) is 6.10. The van der Waals surface area contributed by atoms with E-state index in [0.29, 0.717) is 24.3 Å². The Balaban J connectivity index is 2.36. The van der Waals surface area contributed by atoms with Crippen molar-refractivity contribution in [2.75, 3.05) is 25.1 Å². The highest BCUT2D eigenvalue weighted by atomic mass is 16.5. The highest BCUT2D eigenvalue weighted by molar-refractivity contribution is 5.51. The number of nitrogens with two attached hydrogens (primary N) is 1. The van der Waals surface area contributed by atoms with Gasteiger partial charge in [0.1, 0.15) is 0 Å². The third-order valence-corrected chi connectivity index (χ3v) is 4.18. The number of aromatic nitrogens is 2. The SMILES string of the molecule is CCN(c1nc[nH]c(=O)c1OC)C1CCCCC1CN. The molecule has 0 radical (unpaired) electrons. The molecular weight excluding hydrogens is 256 g/mol. The number of H-pyrrole nitrogens is 1. The van der Waals surface area contributed by atoms with Crippen LogP contribution in [0, 0.1) is 5.92 Å². The van der Waals surface area contributed by atoms with E-state index in [-0.39, 0.29) is 11.3 Å². The van der Waals surface area contributed by atoms with Crippen molar-refractivity contribution in [3.05, 3.63) is 16.7 Å². The fourth-order valence-electron chi connectivity index (χ4n) is 3.18. The molecule has 0 spiro atoms. The standard InChI is InChI=1S/C14H24N4O2/c1-3-18(11-7-5-4-6-10(11)8-15)13-12(20-2)14(19)17-9-16-13/h9-11H,3-8,15H2,1-2H3,(H,16,17,19). The first-order valence-electron chi connectivity index (χ1n) is 7.31. The molecule has 112 valence electrons. The number of hydrogen-bond acceptors (Lipinski definition) is 5. The minimum absolute atomic E-state index is 0.240. The predicted molar refractivity (Wildman–Crippen MR) is 79.2 cm³/mol. The molecule has 1 saturated carbocycles. The van der Waals surface area contributed by atoms with E-state index in [1.165, 1.54) is 26.3 Å². The minimum atomic E-state index is -0.240. The molecular formula is C14H24N4O2. The van der Waals surface area contributed by atoms with Crippen molar-refractivity contribution in [1.29, 1.82) is 0 Å². The van der Waals surface area contributed by atoms with Gasteiger partial charge in [-0.25, -0.2) is 4.98 Å². The summed E-state index contributed by atoms with van der Waals surface area (Å²) in [5, 5.41) is 0. The summed E-state index contributed by atoms with van der Waals surface area (Å²) in [6, 6.07) is 0.335. The molecule has 1 heterocycles. The van der Waals surface area contributed by atoms with Gasteiger partial charge in [-0.05, 0) is 32.2 Å². The second-order valence-corrected chi connectivity index (χ2v) is 5.22. The molecule has 3 N–H and O–H groups in total. The molecule has 20 heavy (non-hydrogen) atoms. The lowest BCUT2D eigenvalue weighted by atomic mass is 9.83. The Kier molecular flexibility index (Phi) is 5.00. The summed E-state index contributed by atoms with van der Waals surface area (Å²) < 4.78 is 5.24. The number of rotatable bonds is 5. The lowest BCUT2D eigenvalue weighted by molar-refractivity contribution is 0.297. The number of methoxy groups -OCH3 is 1. The van der Waals surface area contributed by atoms with Crippen LogP contribution in [0.15, 0.2) is 11.1 Å². The maximum Gasteiger partial charge on any atom is 0.295 e. The summed E-state index contributed by atoms with van der Waals surface area (Å²) in [5.74, 6) is 1.37. The van der Waals surface area contributed by atoms with Gasteiger partial charge in [0.2, 0.25) is 5.75 Å². The molecule has 0 saturated heterocycles. The average molecular weight is 280 g/mol. The molecule has 0 bridgehead atoms. The molecule has 0 aliphatic heterocycles. The van der Waals surface area contributed by atoms with Gasteiger partial charge in [0.15, 0.2) is 5.82 Å². The highest BCUT2D eigenvalue weighted by Gasteiger charge is 2.31. The minimum Gasteiger partial charge on any atom is -0.489 e. The fourth-order valence-corrected chi connectivity index (χ4v) is 3.18. The van der Waals surface area contributed by atoms with Crippen molar-refractivity contribution < 1.29 is 4.74 Å². The Morgan fingerprint density at radius 3 is 2.90 bits per heavy atom. The Bertz CT molecular complexity index is 488. The molecule has 6 nitrogen and oxygen atoms in total. The lowest BCUT2D eigenvalue weighted by Gasteiger charge is -2.40. The largest absolute Gasteiger partial charge is 0.489 e. The van der Waals surface area contributed by atoms with Crippen LogP contribution in [0.3, 0.4) is 0 Å². The van der Waals surface area contributed by atoms with Gasteiger partial charge in [0.05, 0.1) is 13.4 Å². The number of ether oxygens (including phenoxy) is 1. The lowest BCUT2D eigenvalue weighted by Crippen LogP contribution is -2.46. The second kappa shape index (κ2) is 6.74. The van der Waals surface area contributed by atoms with Crippen LogP contribution in [-0.2, 0) is 0 Å². The van der Waals surface area contributed by atoms with Gasteiger partial charge in [0, 0.05) is 12.6 Å². The van der Waals surface area contributed by atoms with E-state index >= 15 is 0 Å². The third-order valence-electron chi connectivity index (χ3n) is 4.18. The van der Waals surface area contributed by atoms with E-state index in [9.17, 15) is 4.79 Å². The molecule has 1 aromatic heterocycles. The van der Waals surface area contributed by atoms with Gasteiger partial charge in [-0.2, -0.15) is 0 Å². The van der Waals surface area contributed by atoms with Crippen LogP contribution in [0.1, 0.15) is 32.6 Å². The summed E-state index contributed by atoms with van der Waals surface area (Å²) in [6.45, 7) is 3.53. The van der Waals surface area contributed by atoms with Gasteiger partial charge in [-0.3, -0.25) is 4.79 Å². The van der Waals surface area contributed by atoms with E-state index in [2.05, 4.69) is 21.8 Å². The van der Waals surface area contributed by atoms with Crippen molar-refractivity contribution in [1.82, 2.24) is 9.97 Å². The molecule has 2 rings (SSSR count). The van der Waals surface area contributed by atoms with Crippen molar-refractivity contribution in [2.24, 2.45) is 11.7 Å². The molecule has 0 aromatic carbocycles. The molecule has 1 fully saturated rings. The Morgan fingerprint density at radius 1 is 1.50 bits per heavy atom. The monoisotopic (exact) mass is 280 g/mol. The van der Waals surface area contributed by atoms with E-state index in [0.717, 1.165) is 19.4 Å². The quantitative estimate of drug-likeness (QED) is 0.844. The molecule has 2 atom stereocenters.